The van der Waals surface area contributed by atoms with Gasteiger partial charge in [-0.1, -0.05) is 30.3 Å². The zero-order chi connectivity index (χ0) is 14.5. The number of nitrogen functional groups attached to an aromatic ring is 1. The summed E-state index contributed by atoms with van der Waals surface area (Å²) in [6.45, 7) is 2.45. The second kappa shape index (κ2) is 6.25. The number of aryl methyl sites for hydroxylation is 1. The van der Waals surface area contributed by atoms with Gasteiger partial charge in [-0.05, 0) is 18.6 Å². The zero-order valence-corrected chi connectivity index (χ0v) is 11.4. The van der Waals surface area contributed by atoms with Gasteiger partial charge >= 0.3 is 0 Å². The van der Waals surface area contributed by atoms with Gasteiger partial charge in [0.2, 0.25) is 0 Å². The van der Waals surface area contributed by atoms with Gasteiger partial charge in [0.1, 0.15) is 5.69 Å². The summed E-state index contributed by atoms with van der Waals surface area (Å²) in [6.07, 6.45) is 1.73. The number of amides is 1. The van der Waals surface area contributed by atoms with E-state index >= 15 is 0 Å². The van der Waals surface area contributed by atoms with Crippen LogP contribution < -0.4 is 11.1 Å². The van der Waals surface area contributed by atoms with E-state index in [1.165, 1.54) is 0 Å². The molecule has 0 fully saturated rings. The lowest BCUT2D eigenvalue weighted by molar-refractivity contribution is 0.0907. The summed E-state index contributed by atoms with van der Waals surface area (Å²) in [5.74, 6) is -0.244. The number of carbonyl (C=O) groups excluding carboxylic acids is 1. The largest absolute Gasteiger partial charge is 0.397 e. The molecule has 1 amide bonds. The molecule has 5 heteroatoms. The first kappa shape index (κ1) is 14.1. The molecule has 0 bridgehead atoms. The van der Waals surface area contributed by atoms with E-state index in [4.69, 9.17) is 5.73 Å². The molecule has 4 N–H and O–H groups in total. The van der Waals surface area contributed by atoms with E-state index in [0.717, 1.165) is 5.56 Å². The molecule has 1 aromatic heterocycles. The number of carbonyl (C=O) groups is 1. The monoisotopic (exact) mass is 273 g/mol. The van der Waals surface area contributed by atoms with Crippen LogP contribution in [-0.4, -0.2) is 22.2 Å². The summed E-state index contributed by atoms with van der Waals surface area (Å²) in [5.41, 5.74) is 7.64. The third-order valence-electron chi connectivity index (χ3n) is 3.18. The molecule has 0 spiro atoms. The van der Waals surface area contributed by atoms with E-state index in [1.54, 1.807) is 16.8 Å². The van der Waals surface area contributed by atoms with Crippen molar-refractivity contribution >= 4 is 11.6 Å². The van der Waals surface area contributed by atoms with Crippen LogP contribution in [0.1, 0.15) is 29.0 Å². The minimum absolute atomic E-state index is 0.155. The minimum Gasteiger partial charge on any atom is -0.397 e. The first-order chi connectivity index (χ1) is 9.65. The second-order valence-electron chi connectivity index (χ2n) is 4.56. The van der Waals surface area contributed by atoms with Crippen molar-refractivity contribution in [1.29, 1.82) is 0 Å². The minimum atomic E-state index is -0.426. The number of aromatic nitrogens is 1. The predicted molar refractivity (Wildman–Crippen MR) is 78.3 cm³/mol. The molecule has 1 atom stereocenters. The number of aliphatic hydroxyl groups excluding tert-OH is 1. The smallest absolute Gasteiger partial charge is 0.268 e. The van der Waals surface area contributed by atoms with Crippen LogP contribution in [-0.2, 0) is 6.54 Å². The number of benzene rings is 1. The molecule has 0 aliphatic rings. The van der Waals surface area contributed by atoms with E-state index < -0.39 is 6.04 Å². The second-order valence-corrected chi connectivity index (χ2v) is 4.56. The Morgan fingerprint density at radius 2 is 2.10 bits per heavy atom. The highest BCUT2D eigenvalue weighted by Gasteiger charge is 2.17. The molecule has 0 unspecified atom stereocenters. The maximum atomic E-state index is 12.3. The molecule has 1 heterocycles. The van der Waals surface area contributed by atoms with Crippen LogP contribution >= 0.6 is 0 Å². The van der Waals surface area contributed by atoms with Crippen molar-refractivity contribution in [2.75, 3.05) is 12.3 Å². The van der Waals surface area contributed by atoms with Gasteiger partial charge in [0.25, 0.3) is 5.91 Å². The van der Waals surface area contributed by atoms with E-state index in [0.29, 0.717) is 17.9 Å². The van der Waals surface area contributed by atoms with E-state index in [2.05, 4.69) is 5.32 Å². The Balaban J connectivity index is 2.17. The van der Waals surface area contributed by atoms with E-state index in [1.807, 2.05) is 37.3 Å². The van der Waals surface area contributed by atoms with Crippen molar-refractivity contribution in [2.45, 2.75) is 19.5 Å². The van der Waals surface area contributed by atoms with E-state index in [9.17, 15) is 9.90 Å². The molecular formula is C15H19N3O2. The van der Waals surface area contributed by atoms with Crippen LogP contribution in [0.5, 0.6) is 0 Å². The quantitative estimate of drug-likeness (QED) is 0.773. The first-order valence-electron chi connectivity index (χ1n) is 6.58. The number of rotatable bonds is 5. The highest BCUT2D eigenvalue weighted by Crippen LogP contribution is 2.15. The number of nitrogens with two attached hydrogens (primary N) is 1. The van der Waals surface area contributed by atoms with Crippen LogP contribution in [0.25, 0.3) is 0 Å². The standard InChI is InChI=1S/C15H19N3O2/c1-2-18-9-12(16)8-14(18)15(20)17-13(10-19)11-6-4-3-5-7-11/h3-9,13,19H,2,10,16H2,1H3,(H,17,20)/t13-/m0/s1. The Bertz CT molecular complexity index is 578. The molecular weight excluding hydrogens is 254 g/mol. The number of hydrogen-bond acceptors (Lipinski definition) is 3. The lowest BCUT2D eigenvalue weighted by atomic mass is 10.1. The molecule has 1 aromatic carbocycles. The van der Waals surface area contributed by atoms with Crippen LogP contribution in [0.2, 0.25) is 0 Å². The molecule has 20 heavy (non-hydrogen) atoms. The van der Waals surface area contributed by atoms with Crippen molar-refractivity contribution in [3.8, 4) is 0 Å². The molecule has 0 aliphatic carbocycles. The fraction of sp³-hybridized carbons (Fsp3) is 0.267. The third-order valence-corrected chi connectivity index (χ3v) is 3.18. The summed E-state index contributed by atoms with van der Waals surface area (Å²) in [5, 5.41) is 12.3. The first-order valence-corrected chi connectivity index (χ1v) is 6.58. The Morgan fingerprint density at radius 1 is 1.40 bits per heavy atom. The lowest BCUT2D eigenvalue weighted by Crippen LogP contribution is -2.32. The molecule has 2 aromatic rings. The van der Waals surface area contributed by atoms with Crippen molar-refractivity contribution in [3.63, 3.8) is 0 Å². The van der Waals surface area contributed by atoms with Gasteiger partial charge in [-0.2, -0.15) is 0 Å². The molecule has 0 saturated heterocycles. The summed E-state index contributed by atoms with van der Waals surface area (Å²) in [4.78, 5) is 12.3. The van der Waals surface area contributed by atoms with Crippen molar-refractivity contribution in [2.24, 2.45) is 0 Å². The average Bonchev–Trinajstić information content (AvgIpc) is 2.86. The number of anilines is 1. The highest BCUT2D eigenvalue weighted by atomic mass is 16.3. The maximum Gasteiger partial charge on any atom is 0.268 e. The molecule has 5 nitrogen and oxygen atoms in total. The van der Waals surface area contributed by atoms with Crippen LogP contribution in [0, 0.1) is 0 Å². The van der Waals surface area contributed by atoms with Gasteiger partial charge < -0.3 is 20.7 Å². The van der Waals surface area contributed by atoms with Crippen molar-refractivity contribution in [3.05, 3.63) is 53.9 Å². The SMILES string of the molecule is CCn1cc(N)cc1C(=O)N[C@@H](CO)c1ccccc1. The maximum absolute atomic E-state index is 12.3. The molecule has 106 valence electrons. The van der Waals surface area contributed by atoms with Gasteiger partial charge in [0, 0.05) is 12.7 Å². The fourth-order valence-electron chi connectivity index (χ4n) is 2.14. The van der Waals surface area contributed by atoms with Crippen LogP contribution in [0.4, 0.5) is 5.69 Å². The Kier molecular flexibility index (Phi) is 4.42. The average molecular weight is 273 g/mol. The fourth-order valence-corrected chi connectivity index (χ4v) is 2.14. The summed E-state index contributed by atoms with van der Waals surface area (Å²) >= 11 is 0. The van der Waals surface area contributed by atoms with E-state index in [-0.39, 0.29) is 12.5 Å². The van der Waals surface area contributed by atoms with Gasteiger partial charge in [-0.15, -0.1) is 0 Å². The number of nitrogens with zero attached hydrogens (tertiary/aromatic N) is 1. The number of nitrogens with one attached hydrogen (secondary N) is 1. The zero-order valence-electron chi connectivity index (χ0n) is 11.4. The Labute approximate surface area is 118 Å². The van der Waals surface area contributed by atoms with Crippen LogP contribution in [0.3, 0.4) is 0 Å². The Morgan fingerprint density at radius 3 is 2.70 bits per heavy atom. The Hall–Kier alpha value is -2.27. The van der Waals surface area contributed by atoms with Crippen molar-refractivity contribution in [1.82, 2.24) is 9.88 Å². The van der Waals surface area contributed by atoms with Gasteiger partial charge in [0.05, 0.1) is 18.3 Å². The molecule has 0 radical (unpaired) electrons. The molecule has 2 rings (SSSR count). The van der Waals surface area contributed by atoms with Gasteiger partial charge in [0.15, 0.2) is 0 Å². The predicted octanol–water partition coefficient (Wildman–Crippen LogP) is 1.55. The van der Waals surface area contributed by atoms with Gasteiger partial charge in [-0.25, -0.2) is 0 Å². The summed E-state index contributed by atoms with van der Waals surface area (Å²) in [6, 6.07) is 10.6. The lowest BCUT2D eigenvalue weighted by Gasteiger charge is -2.17. The van der Waals surface area contributed by atoms with Gasteiger partial charge in [-0.3, -0.25) is 4.79 Å². The topological polar surface area (TPSA) is 80.3 Å². The van der Waals surface area contributed by atoms with Crippen molar-refractivity contribution < 1.29 is 9.90 Å². The normalized spacial score (nSPS) is 12.1. The molecule has 0 saturated carbocycles. The summed E-state index contributed by atoms with van der Waals surface area (Å²) in [7, 11) is 0. The van der Waals surface area contributed by atoms with Crippen LogP contribution in [0.15, 0.2) is 42.6 Å². The number of aliphatic hydroxyl groups is 1. The molecule has 0 aliphatic heterocycles. The highest BCUT2D eigenvalue weighted by molar-refractivity contribution is 5.94. The summed E-state index contributed by atoms with van der Waals surface area (Å²) < 4.78 is 1.78. The third kappa shape index (κ3) is 3.00. The number of hydrogen-bond donors (Lipinski definition) is 3.